The molecule has 0 heterocycles. The van der Waals surface area contributed by atoms with E-state index < -0.39 is 10.1 Å². The van der Waals surface area contributed by atoms with Crippen molar-refractivity contribution in [1.82, 2.24) is 0 Å². The van der Waals surface area contributed by atoms with Gasteiger partial charge in [0.25, 0.3) is 10.1 Å². The molecule has 0 radical (unpaired) electrons. The molecule has 0 aromatic heterocycles. The van der Waals surface area contributed by atoms with Crippen LogP contribution in [0.2, 0.25) is 0 Å². The van der Waals surface area contributed by atoms with Crippen molar-refractivity contribution in [2.75, 3.05) is 0 Å². The van der Waals surface area contributed by atoms with E-state index in [0.29, 0.717) is 6.42 Å². The fourth-order valence-electron chi connectivity index (χ4n) is 0.939. The summed E-state index contributed by atoms with van der Waals surface area (Å²) < 4.78 is 29.8. The predicted molar refractivity (Wildman–Crippen MR) is 42.6 cm³/mol. The fraction of sp³-hybridized carbons (Fsp3) is 0.429. The first-order valence-corrected chi connectivity index (χ1v) is 4.89. The Balaban J connectivity index is 2.93. The molecule has 1 aliphatic carbocycles. The van der Waals surface area contributed by atoms with Gasteiger partial charge in [0.2, 0.25) is 0 Å². The van der Waals surface area contributed by atoms with E-state index in [1.165, 1.54) is 6.08 Å². The summed E-state index contributed by atoms with van der Waals surface area (Å²) in [5, 5.41) is 0. The van der Waals surface area contributed by atoms with Crippen LogP contribution in [0.1, 0.15) is 19.3 Å². The maximum Gasteiger partial charge on any atom is 0.294 e. The van der Waals surface area contributed by atoms with Crippen molar-refractivity contribution in [1.29, 1.82) is 0 Å². The Morgan fingerprint density at radius 1 is 1.36 bits per heavy atom. The standard InChI is InChI=1S/C7H10O3S/c8-11(9,10)7-5-3-1-2-4-6-7/h3,5-6H,1-2,4H2,(H,8,9,10). The van der Waals surface area contributed by atoms with Gasteiger partial charge in [-0.05, 0) is 25.3 Å². The van der Waals surface area contributed by atoms with Crippen molar-refractivity contribution >= 4 is 10.1 Å². The zero-order valence-electron chi connectivity index (χ0n) is 6.03. The van der Waals surface area contributed by atoms with Crippen LogP contribution in [-0.4, -0.2) is 13.0 Å². The third-order valence-corrected chi connectivity index (χ3v) is 2.40. The van der Waals surface area contributed by atoms with E-state index in [-0.39, 0.29) is 4.91 Å². The lowest BCUT2D eigenvalue weighted by molar-refractivity contribution is 0.492. The minimum Gasteiger partial charge on any atom is -0.282 e. The van der Waals surface area contributed by atoms with Gasteiger partial charge < -0.3 is 0 Å². The zero-order valence-corrected chi connectivity index (χ0v) is 6.84. The Hall–Kier alpha value is -0.610. The molecule has 62 valence electrons. The van der Waals surface area contributed by atoms with Crippen LogP contribution >= 0.6 is 0 Å². The van der Waals surface area contributed by atoms with Gasteiger partial charge in [-0.2, -0.15) is 8.42 Å². The summed E-state index contributed by atoms with van der Waals surface area (Å²) in [6.07, 6.45) is 7.26. The van der Waals surface area contributed by atoms with E-state index in [9.17, 15) is 8.42 Å². The quantitative estimate of drug-likeness (QED) is 0.613. The van der Waals surface area contributed by atoms with Gasteiger partial charge in [-0.25, -0.2) is 0 Å². The molecule has 3 nitrogen and oxygen atoms in total. The molecule has 0 saturated carbocycles. The molecule has 0 aromatic carbocycles. The molecule has 0 fully saturated rings. The third kappa shape index (κ3) is 2.48. The normalized spacial score (nSPS) is 19.2. The Kier molecular flexibility index (Phi) is 2.46. The first-order chi connectivity index (χ1) is 5.11. The Labute approximate surface area is 66.2 Å². The van der Waals surface area contributed by atoms with E-state index in [2.05, 4.69) is 0 Å². The summed E-state index contributed by atoms with van der Waals surface area (Å²) in [5.74, 6) is 0. The minimum absolute atomic E-state index is 0.0231. The zero-order chi connectivity index (χ0) is 8.32. The molecule has 1 rings (SSSR count). The van der Waals surface area contributed by atoms with Gasteiger partial charge in [-0.3, -0.25) is 4.55 Å². The number of hydrogen-bond donors (Lipinski definition) is 1. The van der Waals surface area contributed by atoms with Crippen molar-refractivity contribution in [2.24, 2.45) is 0 Å². The Bertz CT molecular complexity index is 285. The number of allylic oxidation sites excluding steroid dienone is 3. The van der Waals surface area contributed by atoms with E-state index in [1.54, 1.807) is 12.2 Å². The lowest BCUT2D eigenvalue weighted by Crippen LogP contribution is -1.98. The number of hydrogen-bond acceptors (Lipinski definition) is 2. The van der Waals surface area contributed by atoms with Crippen molar-refractivity contribution in [3.8, 4) is 0 Å². The molecule has 0 bridgehead atoms. The molecule has 0 spiro atoms. The molecule has 0 unspecified atom stereocenters. The summed E-state index contributed by atoms with van der Waals surface area (Å²) in [6.45, 7) is 0. The molecule has 1 aliphatic rings. The van der Waals surface area contributed by atoms with Gasteiger partial charge in [0.05, 0.1) is 4.91 Å². The second-order valence-corrected chi connectivity index (χ2v) is 3.84. The summed E-state index contributed by atoms with van der Waals surface area (Å²) in [4.78, 5) is 0.0231. The monoisotopic (exact) mass is 174 g/mol. The van der Waals surface area contributed by atoms with Gasteiger partial charge >= 0.3 is 0 Å². The summed E-state index contributed by atoms with van der Waals surface area (Å²) in [6, 6.07) is 0. The Morgan fingerprint density at radius 2 is 2.09 bits per heavy atom. The maximum absolute atomic E-state index is 10.6. The van der Waals surface area contributed by atoms with Crippen LogP contribution in [-0.2, 0) is 10.1 Å². The van der Waals surface area contributed by atoms with E-state index in [1.807, 2.05) is 0 Å². The topological polar surface area (TPSA) is 54.4 Å². The average Bonchev–Trinajstić information content (AvgIpc) is 2.10. The van der Waals surface area contributed by atoms with Crippen LogP contribution in [0.15, 0.2) is 23.1 Å². The molecule has 0 saturated heterocycles. The summed E-state index contributed by atoms with van der Waals surface area (Å²) in [7, 11) is -3.97. The largest absolute Gasteiger partial charge is 0.294 e. The highest BCUT2D eigenvalue weighted by molar-refractivity contribution is 7.90. The van der Waals surface area contributed by atoms with Crippen molar-refractivity contribution in [3.63, 3.8) is 0 Å². The van der Waals surface area contributed by atoms with E-state index >= 15 is 0 Å². The molecule has 0 atom stereocenters. The van der Waals surface area contributed by atoms with E-state index in [0.717, 1.165) is 12.8 Å². The van der Waals surface area contributed by atoms with Crippen LogP contribution in [0, 0.1) is 0 Å². The van der Waals surface area contributed by atoms with Gasteiger partial charge in [-0.15, -0.1) is 0 Å². The van der Waals surface area contributed by atoms with E-state index in [4.69, 9.17) is 4.55 Å². The molecule has 0 amide bonds. The molecule has 4 heteroatoms. The Morgan fingerprint density at radius 3 is 2.73 bits per heavy atom. The maximum atomic E-state index is 10.6. The summed E-state index contributed by atoms with van der Waals surface area (Å²) in [5.41, 5.74) is 0. The molecule has 0 aromatic rings. The first-order valence-electron chi connectivity index (χ1n) is 3.45. The molecular formula is C7H10O3S. The van der Waals surface area contributed by atoms with Gasteiger partial charge in [-0.1, -0.05) is 12.2 Å². The minimum atomic E-state index is -3.97. The van der Waals surface area contributed by atoms with Crippen LogP contribution in [0.3, 0.4) is 0 Å². The first kappa shape index (κ1) is 8.49. The predicted octanol–water partition coefficient (Wildman–Crippen LogP) is 1.50. The second-order valence-electron chi connectivity index (χ2n) is 2.41. The van der Waals surface area contributed by atoms with Crippen LogP contribution < -0.4 is 0 Å². The van der Waals surface area contributed by atoms with Gasteiger partial charge in [0.1, 0.15) is 0 Å². The van der Waals surface area contributed by atoms with Crippen molar-refractivity contribution < 1.29 is 13.0 Å². The van der Waals surface area contributed by atoms with Crippen molar-refractivity contribution in [3.05, 3.63) is 23.1 Å². The average molecular weight is 174 g/mol. The smallest absolute Gasteiger partial charge is 0.282 e. The lowest BCUT2D eigenvalue weighted by atomic mass is 10.2. The van der Waals surface area contributed by atoms with Crippen molar-refractivity contribution in [2.45, 2.75) is 19.3 Å². The summed E-state index contributed by atoms with van der Waals surface area (Å²) >= 11 is 0. The van der Waals surface area contributed by atoms with Gasteiger partial charge in [0.15, 0.2) is 0 Å². The van der Waals surface area contributed by atoms with Gasteiger partial charge in [0, 0.05) is 0 Å². The number of rotatable bonds is 1. The highest BCUT2D eigenvalue weighted by Crippen LogP contribution is 2.13. The second kappa shape index (κ2) is 3.19. The third-order valence-electron chi connectivity index (χ3n) is 1.50. The molecule has 0 aliphatic heterocycles. The SMILES string of the molecule is O=S(=O)(O)C1=CCCCC=C1. The highest BCUT2D eigenvalue weighted by atomic mass is 32.2. The van der Waals surface area contributed by atoms with Crippen LogP contribution in [0.5, 0.6) is 0 Å². The molecular weight excluding hydrogens is 164 g/mol. The molecule has 1 N–H and O–H groups in total. The lowest BCUT2D eigenvalue weighted by Gasteiger charge is -1.93. The fourth-order valence-corrected chi connectivity index (χ4v) is 1.54. The van der Waals surface area contributed by atoms with Crippen LogP contribution in [0.25, 0.3) is 0 Å². The van der Waals surface area contributed by atoms with Crippen LogP contribution in [0.4, 0.5) is 0 Å². The highest BCUT2D eigenvalue weighted by Gasteiger charge is 2.10. The molecule has 11 heavy (non-hydrogen) atoms.